The van der Waals surface area contributed by atoms with Crippen LogP contribution < -0.4 is 0 Å². The molecule has 1 aliphatic carbocycles. The highest BCUT2D eigenvalue weighted by Crippen LogP contribution is 2.33. The van der Waals surface area contributed by atoms with Gasteiger partial charge in [-0.2, -0.15) is 0 Å². The number of carbonyl (C=O) groups is 1. The molecule has 1 saturated heterocycles. The van der Waals surface area contributed by atoms with Crippen molar-refractivity contribution in [2.45, 2.75) is 44.3 Å². The zero-order valence-electron chi connectivity index (χ0n) is 11.0. The van der Waals surface area contributed by atoms with Crippen molar-refractivity contribution in [3.05, 3.63) is 0 Å². The fourth-order valence-electron chi connectivity index (χ4n) is 2.11. The molecule has 104 valence electrons. The summed E-state index contributed by atoms with van der Waals surface area (Å²) in [5.74, 6) is 0.163. The predicted molar refractivity (Wildman–Crippen MR) is 64.2 cm³/mol. The van der Waals surface area contributed by atoms with Gasteiger partial charge in [-0.25, -0.2) is 4.79 Å². The van der Waals surface area contributed by atoms with Crippen LogP contribution in [0.2, 0.25) is 0 Å². The lowest BCUT2D eigenvalue weighted by Crippen LogP contribution is -2.23. The number of hydrogen-bond acceptors (Lipinski definition) is 5. The van der Waals surface area contributed by atoms with Gasteiger partial charge in [-0.3, -0.25) is 0 Å². The zero-order chi connectivity index (χ0) is 12.8. The molecular weight excluding hydrogens is 236 g/mol. The van der Waals surface area contributed by atoms with Crippen molar-refractivity contribution in [1.29, 1.82) is 0 Å². The van der Waals surface area contributed by atoms with Gasteiger partial charge in [0.25, 0.3) is 0 Å². The lowest BCUT2D eigenvalue weighted by molar-refractivity contribution is -0.0446. The lowest BCUT2D eigenvalue weighted by atomic mass is 9.82. The van der Waals surface area contributed by atoms with E-state index >= 15 is 0 Å². The summed E-state index contributed by atoms with van der Waals surface area (Å²) in [5, 5.41) is 0. The molecule has 0 amide bonds. The van der Waals surface area contributed by atoms with E-state index in [2.05, 4.69) is 4.74 Å². The van der Waals surface area contributed by atoms with E-state index in [1.54, 1.807) is 0 Å². The van der Waals surface area contributed by atoms with E-state index in [1.807, 2.05) is 0 Å². The Morgan fingerprint density at radius 1 is 1.39 bits per heavy atom. The first-order chi connectivity index (χ1) is 8.74. The summed E-state index contributed by atoms with van der Waals surface area (Å²) in [7, 11) is 1.29. The average molecular weight is 258 g/mol. The second-order valence-corrected chi connectivity index (χ2v) is 5.06. The Morgan fingerprint density at radius 3 is 2.72 bits per heavy atom. The second kappa shape index (κ2) is 6.38. The molecule has 0 aromatic rings. The Kier molecular flexibility index (Phi) is 4.83. The summed E-state index contributed by atoms with van der Waals surface area (Å²) < 4.78 is 20.1. The quantitative estimate of drug-likeness (QED) is 0.380. The smallest absolute Gasteiger partial charge is 0.438 e. The van der Waals surface area contributed by atoms with Crippen LogP contribution in [0.25, 0.3) is 0 Å². The van der Waals surface area contributed by atoms with Crippen LogP contribution in [0.5, 0.6) is 0 Å². The first-order valence-corrected chi connectivity index (χ1v) is 6.73. The largest absolute Gasteiger partial charge is 0.510 e. The summed E-state index contributed by atoms with van der Waals surface area (Å²) >= 11 is 0. The maximum absolute atomic E-state index is 11.0. The first kappa shape index (κ1) is 13.6. The third kappa shape index (κ3) is 4.14. The van der Waals surface area contributed by atoms with Crippen molar-refractivity contribution in [2.75, 3.05) is 26.9 Å². The maximum Gasteiger partial charge on any atom is 0.510 e. The molecule has 0 bridgehead atoms. The third-order valence-electron chi connectivity index (χ3n) is 3.66. The SMILES string of the molecule is COC(=O)OC1(CCOCCCC2CCC2)CO1. The summed E-state index contributed by atoms with van der Waals surface area (Å²) in [5.41, 5.74) is 0. The van der Waals surface area contributed by atoms with Gasteiger partial charge in [0, 0.05) is 13.0 Å². The topological polar surface area (TPSA) is 57.3 Å². The van der Waals surface area contributed by atoms with Crippen LogP contribution in [0.4, 0.5) is 4.79 Å². The van der Waals surface area contributed by atoms with Gasteiger partial charge < -0.3 is 18.9 Å². The second-order valence-electron chi connectivity index (χ2n) is 5.06. The van der Waals surface area contributed by atoms with Crippen molar-refractivity contribution in [2.24, 2.45) is 5.92 Å². The minimum atomic E-state index is -0.777. The van der Waals surface area contributed by atoms with E-state index in [4.69, 9.17) is 14.2 Å². The van der Waals surface area contributed by atoms with E-state index in [9.17, 15) is 4.79 Å². The minimum Gasteiger partial charge on any atom is -0.438 e. The van der Waals surface area contributed by atoms with E-state index in [0.717, 1.165) is 18.9 Å². The molecule has 0 spiro atoms. The molecule has 0 aromatic heterocycles. The van der Waals surface area contributed by atoms with Crippen LogP contribution in [-0.4, -0.2) is 38.9 Å². The molecule has 5 nitrogen and oxygen atoms in total. The Bertz CT molecular complexity index is 271. The van der Waals surface area contributed by atoms with Gasteiger partial charge in [0.1, 0.15) is 6.61 Å². The van der Waals surface area contributed by atoms with Crippen LogP contribution >= 0.6 is 0 Å². The van der Waals surface area contributed by atoms with Crippen LogP contribution in [0.15, 0.2) is 0 Å². The molecule has 2 aliphatic rings. The zero-order valence-corrected chi connectivity index (χ0v) is 11.0. The van der Waals surface area contributed by atoms with Crippen LogP contribution in [0.1, 0.15) is 38.5 Å². The highest BCUT2D eigenvalue weighted by molar-refractivity contribution is 5.60. The van der Waals surface area contributed by atoms with Gasteiger partial charge in [-0.15, -0.1) is 0 Å². The fraction of sp³-hybridized carbons (Fsp3) is 0.923. The summed E-state index contributed by atoms with van der Waals surface area (Å²) in [6.07, 6.45) is 6.46. The first-order valence-electron chi connectivity index (χ1n) is 6.73. The Balaban J connectivity index is 1.46. The molecule has 1 saturated carbocycles. The number of epoxide rings is 1. The van der Waals surface area contributed by atoms with Gasteiger partial charge in [-0.1, -0.05) is 19.3 Å². The molecule has 0 N–H and O–H groups in total. The van der Waals surface area contributed by atoms with Crippen molar-refractivity contribution >= 4 is 6.16 Å². The number of carbonyl (C=O) groups excluding carboxylic acids is 1. The predicted octanol–water partition coefficient (Wildman–Crippen LogP) is 2.48. The fourth-order valence-corrected chi connectivity index (χ4v) is 2.11. The summed E-state index contributed by atoms with van der Waals surface area (Å²) in [6, 6.07) is 0. The maximum atomic E-state index is 11.0. The van der Waals surface area contributed by atoms with Gasteiger partial charge >= 0.3 is 6.16 Å². The van der Waals surface area contributed by atoms with E-state index < -0.39 is 11.9 Å². The average Bonchev–Trinajstić information content (AvgIpc) is 3.05. The molecule has 18 heavy (non-hydrogen) atoms. The van der Waals surface area contributed by atoms with Crippen molar-refractivity contribution in [3.63, 3.8) is 0 Å². The molecule has 1 aliphatic heterocycles. The molecule has 2 fully saturated rings. The molecule has 1 atom stereocenters. The molecule has 5 heteroatoms. The monoisotopic (exact) mass is 258 g/mol. The van der Waals surface area contributed by atoms with Crippen molar-refractivity contribution < 1.29 is 23.7 Å². The molecule has 1 heterocycles. The van der Waals surface area contributed by atoms with Crippen LogP contribution in [0.3, 0.4) is 0 Å². The highest BCUT2D eigenvalue weighted by atomic mass is 16.8. The normalized spacial score (nSPS) is 26.5. The number of rotatable bonds is 8. The lowest BCUT2D eigenvalue weighted by Gasteiger charge is -2.24. The Labute approximate surface area is 108 Å². The summed E-state index contributed by atoms with van der Waals surface area (Å²) in [6.45, 7) is 1.78. The standard InChI is InChI=1S/C13H22O5/c1-15-12(14)18-13(10-17-13)7-9-16-8-3-6-11-4-2-5-11/h11H,2-10H2,1H3. The minimum absolute atomic E-state index is 0.438. The van der Waals surface area contributed by atoms with E-state index in [1.165, 1.54) is 32.8 Å². The molecule has 2 rings (SSSR count). The number of methoxy groups -OCH3 is 1. The van der Waals surface area contributed by atoms with Crippen LogP contribution in [0, 0.1) is 5.92 Å². The number of hydrogen-bond donors (Lipinski definition) is 0. The molecule has 0 aromatic carbocycles. The van der Waals surface area contributed by atoms with E-state index in [0.29, 0.717) is 19.6 Å². The Hall–Kier alpha value is -0.810. The summed E-state index contributed by atoms with van der Waals surface area (Å²) in [4.78, 5) is 11.0. The van der Waals surface area contributed by atoms with E-state index in [-0.39, 0.29) is 0 Å². The third-order valence-corrected chi connectivity index (χ3v) is 3.66. The van der Waals surface area contributed by atoms with Gasteiger partial charge in [0.15, 0.2) is 0 Å². The molecular formula is C13H22O5. The number of ether oxygens (including phenoxy) is 4. The molecule has 1 unspecified atom stereocenters. The molecule has 0 radical (unpaired) electrons. The van der Waals surface area contributed by atoms with Gasteiger partial charge in [0.05, 0.1) is 13.7 Å². The van der Waals surface area contributed by atoms with Gasteiger partial charge in [-0.05, 0) is 18.8 Å². The highest BCUT2D eigenvalue weighted by Gasteiger charge is 2.49. The van der Waals surface area contributed by atoms with Crippen molar-refractivity contribution in [3.8, 4) is 0 Å². The van der Waals surface area contributed by atoms with Crippen molar-refractivity contribution in [1.82, 2.24) is 0 Å². The van der Waals surface area contributed by atoms with Gasteiger partial charge in [0.2, 0.25) is 5.79 Å². The van der Waals surface area contributed by atoms with Crippen LogP contribution in [-0.2, 0) is 18.9 Å². The Morgan fingerprint density at radius 2 is 2.17 bits per heavy atom.